The first-order valence-electron chi connectivity index (χ1n) is 7.55. The minimum absolute atomic E-state index is 0.148. The molecule has 1 aromatic rings. The van der Waals surface area contributed by atoms with E-state index >= 15 is 0 Å². The highest BCUT2D eigenvalue weighted by atomic mass is 32.2. The van der Waals surface area contributed by atoms with E-state index in [0.717, 1.165) is 0 Å². The molecule has 0 radical (unpaired) electrons. The van der Waals surface area contributed by atoms with Crippen molar-refractivity contribution < 1.29 is 22.7 Å². The molecule has 24 heavy (non-hydrogen) atoms. The van der Waals surface area contributed by atoms with E-state index in [9.17, 15) is 13.2 Å². The fourth-order valence-electron chi connectivity index (χ4n) is 2.19. The van der Waals surface area contributed by atoms with Crippen LogP contribution in [0.3, 0.4) is 0 Å². The normalized spacial score (nSPS) is 13.5. The number of ether oxygens (including phenoxy) is 2. The highest BCUT2D eigenvalue weighted by molar-refractivity contribution is 7.88. The van der Waals surface area contributed by atoms with Gasteiger partial charge in [0.1, 0.15) is 0 Å². The van der Waals surface area contributed by atoms with Crippen molar-refractivity contribution in [3.63, 3.8) is 0 Å². The monoisotopic (exact) mass is 357 g/mol. The third-order valence-electron chi connectivity index (χ3n) is 3.55. The Kier molecular flexibility index (Phi) is 6.03. The van der Waals surface area contributed by atoms with Gasteiger partial charge in [-0.05, 0) is 32.3 Å². The first-order valence-corrected chi connectivity index (χ1v) is 9.40. The van der Waals surface area contributed by atoms with Crippen LogP contribution in [-0.4, -0.2) is 76.9 Å². The maximum Gasteiger partial charge on any atom is 0.251 e. The number of benzene rings is 1. The minimum Gasteiger partial charge on any atom is -0.454 e. The second kappa shape index (κ2) is 7.82. The molecule has 1 heterocycles. The van der Waals surface area contributed by atoms with Crippen molar-refractivity contribution in [3.05, 3.63) is 23.8 Å². The zero-order valence-corrected chi connectivity index (χ0v) is 14.9. The van der Waals surface area contributed by atoms with E-state index in [1.807, 2.05) is 19.0 Å². The van der Waals surface area contributed by atoms with Crippen LogP contribution in [0.15, 0.2) is 18.2 Å². The van der Waals surface area contributed by atoms with E-state index in [4.69, 9.17) is 9.47 Å². The average molecular weight is 357 g/mol. The van der Waals surface area contributed by atoms with E-state index in [1.54, 1.807) is 18.2 Å². The van der Waals surface area contributed by atoms with Gasteiger partial charge < -0.3 is 19.7 Å². The lowest BCUT2D eigenvalue weighted by Crippen LogP contribution is -2.41. The first kappa shape index (κ1) is 18.5. The Balaban J connectivity index is 1.88. The number of nitrogens with zero attached hydrogens (tertiary/aromatic N) is 2. The van der Waals surface area contributed by atoms with Crippen molar-refractivity contribution >= 4 is 15.9 Å². The third kappa shape index (κ3) is 5.08. The van der Waals surface area contributed by atoms with Crippen LogP contribution in [0.4, 0.5) is 0 Å². The van der Waals surface area contributed by atoms with Crippen LogP contribution in [0.5, 0.6) is 11.5 Å². The Morgan fingerprint density at radius 3 is 2.54 bits per heavy atom. The molecule has 1 aliphatic rings. The molecule has 1 aromatic carbocycles. The number of carbonyl (C=O) groups is 1. The lowest BCUT2D eigenvalue weighted by atomic mass is 10.2. The highest BCUT2D eigenvalue weighted by Crippen LogP contribution is 2.32. The summed E-state index contributed by atoms with van der Waals surface area (Å²) in [5.74, 6) is 0.860. The Morgan fingerprint density at radius 2 is 1.88 bits per heavy atom. The standard InChI is InChI=1S/C15H23N3O5S/c1-17(2)8-9-18(24(3,20)21)7-6-16-15(19)12-4-5-13-14(10-12)23-11-22-13/h4-5,10H,6-9,11H2,1-3H3,(H,16,19). The molecule has 2 rings (SSSR count). The lowest BCUT2D eigenvalue weighted by molar-refractivity contribution is 0.0951. The van der Waals surface area contributed by atoms with Gasteiger partial charge in [-0.15, -0.1) is 0 Å². The fraction of sp³-hybridized carbons (Fsp3) is 0.533. The number of amides is 1. The number of sulfonamides is 1. The van der Waals surface area contributed by atoms with Crippen LogP contribution in [0.2, 0.25) is 0 Å². The van der Waals surface area contributed by atoms with Gasteiger partial charge in [0.05, 0.1) is 6.26 Å². The average Bonchev–Trinajstić information content (AvgIpc) is 2.96. The smallest absolute Gasteiger partial charge is 0.251 e. The van der Waals surface area contributed by atoms with Crippen molar-refractivity contribution in [1.82, 2.24) is 14.5 Å². The van der Waals surface area contributed by atoms with E-state index < -0.39 is 10.0 Å². The molecule has 1 amide bonds. The summed E-state index contributed by atoms with van der Waals surface area (Å²) in [6.45, 7) is 1.60. The molecule has 0 fully saturated rings. The van der Waals surface area contributed by atoms with E-state index in [1.165, 1.54) is 10.6 Å². The van der Waals surface area contributed by atoms with Gasteiger partial charge in [0, 0.05) is 31.7 Å². The Hall–Kier alpha value is -1.84. The summed E-state index contributed by atoms with van der Waals surface area (Å²) in [4.78, 5) is 14.1. The Labute approximate surface area is 142 Å². The third-order valence-corrected chi connectivity index (χ3v) is 4.85. The Morgan fingerprint density at radius 1 is 1.17 bits per heavy atom. The summed E-state index contributed by atoms with van der Waals surface area (Å²) in [5.41, 5.74) is 0.443. The molecule has 0 bridgehead atoms. The molecular weight excluding hydrogens is 334 g/mol. The molecule has 9 heteroatoms. The zero-order chi connectivity index (χ0) is 17.7. The first-order chi connectivity index (χ1) is 11.3. The number of fused-ring (bicyclic) bond motifs is 1. The molecule has 0 saturated heterocycles. The topological polar surface area (TPSA) is 88.2 Å². The van der Waals surface area contributed by atoms with Gasteiger partial charge in [0.25, 0.3) is 5.91 Å². The van der Waals surface area contributed by atoms with Gasteiger partial charge in [-0.3, -0.25) is 4.79 Å². The van der Waals surface area contributed by atoms with Crippen LogP contribution >= 0.6 is 0 Å². The molecule has 1 N–H and O–H groups in total. The summed E-state index contributed by atoms with van der Waals surface area (Å²) < 4.78 is 35.4. The van der Waals surface area contributed by atoms with Gasteiger partial charge in [0.15, 0.2) is 11.5 Å². The molecule has 0 spiro atoms. The van der Waals surface area contributed by atoms with Crippen LogP contribution in [0, 0.1) is 0 Å². The van der Waals surface area contributed by atoms with Gasteiger partial charge in [-0.25, -0.2) is 8.42 Å². The summed E-state index contributed by atoms with van der Waals surface area (Å²) in [6.07, 6.45) is 1.17. The minimum atomic E-state index is -3.31. The molecule has 0 aliphatic carbocycles. The molecule has 0 unspecified atom stereocenters. The van der Waals surface area contributed by atoms with Crippen molar-refractivity contribution in [2.45, 2.75) is 0 Å². The Bertz CT molecular complexity index is 690. The number of nitrogens with one attached hydrogen (secondary N) is 1. The number of carbonyl (C=O) groups excluding carboxylic acids is 1. The number of hydrogen-bond acceptors (Lipinski definition) is 6. The van der Waals surface area contributed by atoms with Gasteiger partial charge >= 0.3 is 0 Å². The molecule has 0 saturated carbocycles. The molecular formula is C15H23N3O5S. The largest absolute Gasteiger partial charge is 0.454 e. The SMILES string of the molecule is CN(C)CCN(CCNC(=O)c1ccc2c(c1)OCO2)S(C)(=O)=O. The zero-order valence-electron chi connectivity index (χ0n) is 14.1. The molecule has 1 aliphatic heterocycles. The van der Waals surface area contributed by atoms with E-state index in [0.29, 0.717) is 30.2 Å². The summed E-state index contributed by atoms with van der Waals surface area (Å²) >= 11 is 0. The van der Waals surface area contributed by atoms with Crippen LogP contribution < -0.4 is 14.8 Å². The second-order valence-electron chi connectivity index (χ2n) is 5.79. The summed E-state index contributed by atoms with van der Waals surface area (Å²) in [5, 5.41) is 2.73. The van der Waals surface area contributed by atoms with Crippen LogP contribution in [0.25, 0.3) is 0 Å². The maximum absolute atomic E-state index is 12.2. The number of hydrogen-bond donors (Lipinski definition) is 1. The highest BCUT2D eigenvalue weighted by Gasteiger charge is 2.18. The van der Waals surface area contributed by atoms with Crippen molar-refractivity contribution in [3.8, 4) is 11.5 Å². The van der Waals surface area contributed by atoms with Crippen molar-refractivity contribution in [1.29, 1.82) is 0 Å². The lowest BCUT2D eigenvalue weighted by Gasteiger charge is -2.22. The van der Waals surface area contributed by atoms with Gasteiger partial charge in [-0.1, -0.05) is 0 Å². The van der Waals surface area contributed by atoms with E-state index in [-0.39, 0.29) is 25.8 Å². The predicted molar refractivity (Wildman–Crippen MR) is 89.9 cm³/mol. The molecule has 8 nitrogen and oxygen atoms in total. The maximum atomic E-state index is 12.2. The molecule has 134 valence electrons. The number of likely N-dealkylation sites (N-methyl/N-ethyl adjacent to an activating group) is 1. The van der Waals surface area contributed by atoms with Crippen LogP contribution in [-0.2, 0) is 10.0 Å². The van der Waals surface area contributed by atoms with Gasteiger partial charge in [-0.2, -0.15) is 4.31 Å². The molecule has 0 aromatic heterocycles. The fourth-order valence-corrected chi connectivity index (χ4v) is 3.03. The predicted octanol–water partition coefficient (Wildman–Crippen LogP) is -0.0317. The van der Waals surface area contributed by atoms with Crippen molar-refractivity contribution in [2.75, 3.05) is 53.3 Å². The second-order valence-corrected chi connectivity index (χ2v) is 7.77. The quantitative estimate of drug-likeness (QED) is 0.703. The van der Waals surface area contributed by atoms with Gasteiger partial charge in [0.2, 0.25) is 16.8 Å². The van der Waals surface area contributed by atoms with E-state index in [2.05, 4.69) is 5.32 Å². The summed E-state index contributed by atoms with van der Waals surface area (Å²) in [6, 6.07) is 4.93. The van der Waals surface area contributed by atoms with Crippen molar-refractivity contribution in [2.24, 2.45) is 0 Å². The summed E-state index contributed by atoms with van der Waals surface area (Å²) in [7, 11) is 0.441. The molecule has 0 atom stereocenters. The van der Waals surface area contributed by atoms with Crippen LogP contribution in [0.1, 0.15) is 10.4 Å². The number of rotatable bonds is 8.